The molecule has 0 bridgehead atoms. The van der Waals surface area contributed by atoms with E-state index in [4.69, 9.17) is 11.3 Å². The smallest absolute Gasteiger partial charge is 0.0842 e. The van der Waals surface area contributed by atoms with Crippen molar-refractivity contribution in [3.8, 4) is 0 Å². The first-order valence-corrected chi connectivity index (χ1v) is 4.99. The van der Waals surface area contributed by atoms with Crippen LogP contribution in [0.15, 0.2) is 5.57 Å². The van der Waals surface area contributed by atoms with Gasteiger partial charge >= 0.3 is 0 Å². The summed E-state index contributed by atoms with van der Waals surface area (Å²) >= 11 is 0. The van der Waals surface area contributed by atoms with Crippen molar-refractivity contribution in [1.29, 1.82) is 0 Å². The van der Waals surface area contributed by atoms with Crippen molar-refractivity contribution in [3.05, 3.63) is 12.2 Å². The summed E-state index contributed by atoms with van der Waals surface area (Å²) in [5.41, 5.74) is 1.14. The molecule has 1 nitrogen and oxygen atoms in total. The number of rotatable bonds is 1. The van der Waals surface area contributed by atoms with E-state index in [0.717, 1.165) is 18.6 Å². The predicted octanol–water partition coefficient (Wildman–Crippen LogP) is 3.21. The Hall–Kier alpha value is -0.300. The van der Waals surface area contributed by atoms with Gasteiger partial charge in [0, 0.05) is 5.92 Å². The second kappa shape index (κ2) is 3.13. The highest BCUT2D eigenvalue weighted by atomic mass is 16.5. The SMILES string of the molecule is [CH]=C1C(CC(C)(C)C)COC1(C)C. The Bertz CT molecular complexity index is 208. The van der Waals surface area contributed by atoms with Crippen LogP contribution in [0.4, 0.5) is 0 Å². The molecule has 1 saturated heterocycles. The van der Waals surface area contributed by atoms with E-state index in [2.05, 4.69) is 20.8 Å². The van der Waals surface area contributed by atoms with Crippen LogP contribution >= 0.6 is 0 Å². The van der Waals surface area contributed by atoms with Gasteiger partial charge in [0.25, 0.3) is 0 Å². The van der Waals surface area contributed by atoms with Gasteiger partial charge in [-0.1, -0.05) is 27.4 Å². The van der Waals surface area contributed by atoms with Crippen LogP contribution in [-0.4, -0.2) is 12.2 Å². The van der Waals surface area contributed by atoms with Crippen molar-refractivity contribution >= 4 is 0 Å². The third-order valence-electron chi connectivity index (χ3n) is 2.64. The van der Waals surface area contributed by atoms with Gasteiger partial charge in [0.05, 0.1) is 12.2 Å². The van der Waals surface area contributed by atoms with Crippen LogP contribution in [0.1, 0.15) is 41.0 Å². The van der Waals surface area contributed by atoms with Crippen molar-refractivity contribution in [2.75, 3.05) is 6.61 Å². The van der Waals surface area contributed by atoms with Gasteiger partial charge in [-0.3, -0.25) is 0 Å². The average Bonchev–Trinajstić information content (AvgIpc) is 2.13. The van der Waals surface area contributed by atoms with Crippen molar-refractivity contribution < 1.29 is 4.74 Å². The lowest BCUT2D eigenvalue weighted by Crippen LogP contribution is -2.21. The molecule has 1 fully saturated rings. The average molecular weight is 181 g/mol. The van der Waals surface area contributed by atoms with Gasteiger partial charge in [-0.2, -0.15) is 0 Å². The van der Waals surface area contributed by atoms with E-state index in [0.29, 0.717) is 11.3 Å². The second-order valence-electron chi connectivity index (χ2n) is 5.74. The zero-order valence-corrected chi connectivity index (χ0v) is 9.48. The topological polar surface area (TPSA) is 9.23 Å². The molecule has 0 spiro atoms. The van der Waals surface area contributed by atoms with E-state index >= 15 is 0 Å². The Morgan fingerprint density at radius 1 is 1.46 bits per heavy atom. The zero-order valence-electron chi connectivity index (χ0n) is 9.48. The summed E-state index contributed by atoms with van der Waals surface area (Å²) in [7, 11) is 0. The van der Waals surface area contributed by atoms with E-state index in [1.54, 1.807) is 0 Å². The molecule has 1 radical (unpaired) electrons. The molecule has 1 rings (SSSR count). The molecule has 1 unspecified atom stereocenters. The molecule has 13 heavy (non-hydrogen) atoms. The van der Waals surface area contributed by atoms with Gasteiger partial charge in [-0.05, 0) is 31.3 Å². The Morgan fingerprint density at radius 3 is 2.31 bits per heavy atom. The van der Waals surface area contributed by atoms with Gasteiger partial charge in [0.15, 0.2) is 0 Å². The lowest BCUT2D eigenvalue weighted by Gasteiger charge is -2.24. The molecule has 0 aromatic heterocycles. The highest BCUT2D eigenvalue weighted by Crippen LogP contribution is 2.39. The summed E-state index contributed by atoms with van der Waals surface area (Å²) in [5.74, 6) is 0.440. The monoisotopic (exact) mass is 181 g/mol. The molecule has 75 valence electrons. The lowest BCUT2D eigenvalue weighted by molar-refractivity contribution is 0.0480. The highest BCUT2D eigenvalue weighted by molar-refractivity contribution is 5.16. The molecular formula is C12H21O. The Morgan fingerprint density at radius 2 is 2.00 bits per heavy atom. The third-order valence-corrected chi connectivity index (χ3v) is 2.64. The molecule has 1 aliphatic heterocycles. The first kappa shape index (κ1) is 10.8. The van der Waals surface area contributed by atoms with Crippen LogP contribution in [-0.2, 0) is 4.74 Å². The quantitative estimate of drug-likeness (QED) is 0.603. The van der Waals surface area contributed by atoms with Gasteiger partial charge in [0.2, 0.25) is 0 Å². The van der Waals surface area contributed by atoms with Crippen molar-refractivity contribution in [2.24, 2.45) is 11.3 Å². The molecule has 0 aliphatic carbocycles. The van der Waals surface area contributed by atoms with Crippen LogP contribution in [0.25, 0.3) is 0 Å². The molecule has 1 aliphatic rings. The van der Waals surface area contributed by atoms with Crippen molar-refractivity contribution in [1.82, 2.24) is 0 Å². The Labute approximate surface area is 82.2 Å². The van der Waals surface area contributed by atoms with E-state index in [9.17, 15) is 0 Å². The lowest BCUT2D eigenvalue weighted by atomic mass is 9.80. The van der Waals surface area contributed by atoms with Crippen LogP contribution in [0.3, 0.4) is 0 Å². The molecule has 0 amide bonds. The zero-order chi connectivity index (χ0) is 10.3. The Kier molecular flexibility index (Phi) is 2.59. The van der Waals surface area contributed by atoms with Crippen molar-refractivity contribution in [3.63, 3.8) is 0 Å². The maximum Gasteiger partial charge on any atom is 0.0842 e. The maximum absolute atomic E-state index is 6.06. The van der Waals surface area contributed by atoms with Crippen LogP contribution in [0.5, 0.6) is 0 Å². The summed E-state index contributed by atoms with van der Waals surface area (Å²) in [6.45, 7) is 17.7. The number of hydrogen-bond donors (Lipinski definition) is 0. The van der Waals surface area contributed by atoms with Crippen molar-refractivity contribution in [2.45, 2.75) is 46.6 Å². The number of ether oxygens (including phenoxy) is 1. The summed E-state index contributed by atoms with van der Waals surface area (Å²) in [6, 6.07) is 0. The third kappa shape index (κ3) is 2.57. The summed E-state index contributed by atoms with van der Waals surface area (Å²) < 4.78 is 5.65. The fraction of sp³-hybridized carbons (Fsp3) is 0.833. The van der Waals surface area contributed by atoms with E-state index in [-0.39, 0.29) is 5.60 Å². The molecule has 0 saturated carbocycles. The predicted molar refractivity (Wildman–Crippen MR) is 55.4 cm³/mol. The highest BCUT2D eigenvalue weighted by Gasteiger charge is 2.37. The van der Waals surface area contributed by atoms with Gasteiger partial charge in [-0.15, -0.1) is 0 Å². The van der Waals surface area contributed by atoms with E-state index in [1.807, 2.05) is 13.8 Å². The van der Waals surface area contributed by atoms with E-state index in [1.165, 1.54) is 0 Å². The molecule has 0 aromatic rings. The van der Waals surface area contributed by atoms with Gasteiger partial charge < -0.3 is 4.74 Å². The largest absolute Gasteiger partial charge is 0.371 e. The molecule has 1 atom stereocenters. The number of hydrogen-bond acceptors (Lipinski definition) is 1. The molecule has 0 aromatic carbocycles. The Balaban J connectivity index is 2.62. The summed E-state index contributed by atoms with van der Waals surface area (Å²) in [4.78, 5) is 0. The van der Waals surface area contributed by atoms with Gasteiger partial charge in [0.1, 0.15) is 0 Å². The van der Waals surface area contributed by atoms with Crippen LogP contribution in [0.2, 0.25) is 0 Å². The minimum atomic E-state index is -0.212. The van der Waals surface area contributed by atoms with E-state index < -0.39 is 0 Å². The molecular weight excluding hydrogens is 160 g/mol. The first-order valence-electron chi connectivity index (χ1n) is 4.99. The van der Waals surface area contributed by atoms with Crippen LogP contribution in [0, 0.1) is 17.9 Å². The molecule has 1 heteroatoms. The second-order valence-corrected chi connectivity index (χ2v) is 5.74. The van der Waals surface area contributed by atoms with Crippen LogP contribution < -0.4 is 0 Å². The first-order chi connectivity index (χ1) is 5.72. The standard InChI is InChI=1S/C12H21O/c1-9-10(7-11(2,3)4)8-13-12(9,5)6/h1,10H,7-8H2,2-6H3. The summed E-state index contributed by atoms with van der Waals surface area (Å²) in [6.07, 6.45) is 1.11. The fourth-order valence-corrected chi connectivity index (χ4v) is 1.88. The normalized spacial score (nSPS) is 28.1. The maximum atomic E-state index is 6.06. The summed E-state index contributed by atoms with van der Waals surface area (Å²) in [5, 5.41) is 0. The molecule has 1 heterocycles. The minimum absolute atomic E-state index is 0.212. The fourth-order valence-electron chi connectivity index (χ4n) is 1.88. The minimum Gasteiger partial charge on any atom is -0.371 e. The van der Waals surface area contributed by atoms with Gasteiger partial charge in [-0.25, -0.2) is 0 Å². The molecule has 0 N–H and O–H groups in total.